The van der Waals surface area contributed by atoms with Crippen LogP contribution in [0.15, 0.2) is 112 Å². The molecule has 12 nitrogen and oxygen atoms in total. The summed E-state index contributed by atoms with van der Waals surface area (Å²) in [4.78, 5) is 0.439. The molecule has 0 unspecified atom stereocenters. The van der Waals surface area contributed by atoms with Crippen LogP contribution < -0.4 is 15.3 Å². The van der Waals surface area contributed by atoms with Crippen molar-refractivity contribution in [3.63, 3.8) is 0 Å². The van der Waals surface area contributed by atoms with E-state index in [1.165, 1.54) is 39.8 Å². The maximum Gasteiger partial charge on any atom is 0.274 e. The van der Waals surface area contributed by atoms with Gasteiger partial charge in [0.15, 0.2) is 5.82 Å². The quantitative estimate of drug-likeness (QED) is 0.109. The Morgan fingerprint density at radius 1 is 0.661 bits per heavy atom. The molecule has 0 amide bonds. The maximum atomic E-state index is 16.7. The fourth-order valence-corrected chi connectivity index (χ4v) is 10.3. The molecule has 2 atom stereocenters. The molecule has 2 aliphatic heterocycles. The number of nitrogens with zero attached hydrogens (tertiary/aromatic N) is 10. The number of fused-ring (bicyclic) bond motifs is 2. The van der Waals surface area contributed by atoms with Gasteiger partial charge in [0.1, 0.15) is 34.9 Å². The van der Waals surface area contributed by atoms with Crippen LogP contribution in [0.4, 0.5) is 17.6 Å². The lowest BCUT2D eigenvalue weighted by Gasteiger charge is -2.22. The van der Waals surface area contributed by atoms with Crippen molar-refractivity contribution >= 4 is 34.6 Å². The van der Waals surface area contributed by atoms with Crippen LogP contribution in [0.25, 0.3) is 39.0 Å². The van der Waals surface area contributed by atoms with Gasteiger partial charge in [-0.05, 0) is 69.1 Å². The van der Waals surface area contributed by atoms with E-state index in [2.05, 4.69) is 38.1 Å². The van der Waals surface area contributed by atoms with Gasteiger partial charge in [0.05, 0.1) is 57.7 Å². The average Bonchev–Trinajstić information content (AvgIpc) is 4.13. The molecule has 18 heteroatoms. The third-order valence-corrected chi connectivity index (χ3v) is 13.5. The first-order valence-electron chi connectivity index (χ1n) is 20.0. The van der Waals surface area contributed by atoms with Gasteiger partial charge in [0, 0.05) is 69.8 Å². The number of rotatable bonds is 9. The second kappa shape index (κ2) is 16.4. The zero-order valence-corrected chi connectivity index (χ0v) is 34.4. The molecule has 0 bridgehead atoms. The van der Waals surface area contributed by atoms with Crippen molar-refractivity contribution in [2.45, 2.75) is 57.3 Å². The summed E-state index contributed by atoms with van der Waals surface area (Å²) in [7, 11) is 0. The molecule has 2 aromatic carbocycles. The first-order chi connectivity index (χ1) is 30.3. The SMILES string of the molecule is N#Cc1cnn2cc(-c3cnn([C@H]4CCCNC4)c3)cc(Sc3ccc(-[n+]4cc(C#N)c5c(Sc6c(F)cccc6F)cc(-c6cnn([C@H]7CCCNC7)c6)cn54)c(F)c3F)c12. The molecule has 0 spiro atoms. The first-order valence-corrected chi connectivity index (χ1v) is 21.6. The van der Waals surface area contributed by atoms with Crippen molar-refractivity contribution in [2.75, 3.05) is 26.2 Å². The second-order valence-electron chi connectivity index (χ2n) is 15.2. The number of hydrogen-bond acceptors (Lipinski definition) is 9. The number of nitriles is 2. The smallest absolute Gasteiger partial charge is 0.274 e. The number of aromatic nitrogens is 8. The highest BCUT2D eigenvalue weighted by Crippen LogP contribution is 2.40. The molecule has 62 heavy (non-hydrogen) atoms. The van der Waals surface area contributed by atoms with E-state index in [4.69, 9.17) is 0 Å². The Labute approximate surface area is 360 Å². The predicted molar refractivity (Wildman–Crippen MR) is 223 cm³/mol. The largest absolute Gasteiger partial charge is 0.315 e. The molecule has 2 fully saturated rings. The standard InChI is InChI=1S/C44H35F4N12S2/c45-34-6-1-7-35(46)44(34)62-39-13-27(31-18-54-57(23-31)33-5-3-11-52-20-33)24-60-43(39)29(15-50)25-59(60)36-8-9-37(41(48)40(36)47)61-38-12-26(21-58-42(38)28(14-49)16-55-58)30-17-53-56(22-30)32-4-2-10-51-19-32/h1,6-9,12-13,16-18,21-25,32-33,51-52H,2-5,10-11,19-20H2/q+1/t32-,33-/m0/s1. The number of benzene rings is 2. The molecule has 0 aliphatic carbocycles. The van der Waals surface area contributed by atoms with Gasteiger partial charge < -0.3 is 10.6 Å². The Morgan fingerprint density at radius 2 is 1.29 bits per heavy atom. The molecule has 2 saturated heterocycles. The zero-order valence-electron chi connectivity index (χ0n) is 32.8. The van der Waals surface area contributed by atoms with Crippen molar-refractivity contribution in [3.05, 3.63) is 126 Å². The molecule has 2 N–H and O–H groups in total. The van der Waals surface area contributed by atoms with Gasteiger partial charge in [-0.1, -0.05) is 34.3 Å². The minimum atomic E-state index is -1.20. The Morgan fingerprint density at radius 3 is 1.90 bits per heavy atom. The van der Waals surface area contributed by atoms with Crippen LogP contribution >= 0.6 is 23.5 Å². The summed E-state index contributed by atoms with van der Waals surface area (Å²) in [5.41, 5.74) is 3.54. The topological polar surface area (TPSA) is 133 Å². The summed E-state index contributed by atoms with van der Waals surface area (Å²) in [5.74, 6) is -3.94. The van der Waals surface area contributed by atoms with Crippen molar-refractivity contribution in [1.29, 1.82) is 10.5 Å². The highest BCUT2D eigenvalue weighted by Gasteiger charge is 2.30. The summed E-state index contributed by atoms with van der Waals surface area (Å²) < 4.78 is 71.6. The number of hydrogen-bond donors (Lipinski definition) is 2. The van der Waals surface area contributed by atoms with Crippen LogP contribution in [0, 0.1) is 45.9 Å². The summed E-state index contributed by atoms with van der Waals surface area (Å²) in [6.07, 6.45) is 17.5. The third-order valence-electron chi connectivity index (χ3n) is 11.4. The van der Waals surface area contributed by atoms with E-state index in [1.807, 2.05) is 27.8 Å². The maximum absolute atomic E-state index is 16.7. The number of pyridine rings is 2. The highest BCUT2D eigenvalue weighted by atomic mass is 32.2. The third kappa shape index (κ3) is 7.18. The molecule has 8 aromatic rings. The fourth-order valence-electron chi connectivity index (χ4n) is 8.21. The molecule has 0 radical (unpaired) electrons. The van der Waals surface area contributed by atoms with Crippen LogP contribution in [0.5, 0.6) is 0 Å². The van der Waals surface area contributed by atoms with Gasteiger partial charge in [-0.15, -0.1) is 4.52 Å². The van der Waals surface area contributed by atoms with E-state index in [0.29, 0.717) is 26.4 Å². The van der Waals surface area contributed by atoms with Gasteiger partial charge in [0.2, 0.25) is 12.0 Å². The lowest BCUT2D eigenvalue weighted by Crippen LogP contribution is -2.37. The Balaban J connectivity index is 1.06. The number of halogens is 4. The van der Waals surface area contributed by atoms with E-state index in [9.17, 15) is 10.5 Å². The minimum absolute atomic E-state index is 0.0575. The highest BCUT2D eigenvalue weighted by molar-refractivity contribution is 7.99. The zero-order chi connectivity index (χ0) is 42.5. The molecule has 2 aliphatic rings. The second-order valence-corrected chi connectivity index (χ2v) is 17.4. The Bertz CT molecular complexity index is 3090. The van der Waals surface area contributed by atoms with Crippen molar-refractivity contribution < 1.29 is 22.2 Å². The minimum Gasteiger partial charge on any atom is -0.315 e. The molecule has 310 valence electrons. The monoisotopic (exact) mass is 871 g/mol. The van der Waals surface area contributed by atoms with Crippen molar-refractivity contribution in [3.8, 4) is 40.1 Å². The number of piperidine rings is 2. The van der Waals surface area contributed by atoms with Crippen LogP contribution in [-0.2, 0) is 0 Å². The van der Waals surface area contributed by atoms with E-state index in [0.717, 1.165) is 98.6 Å². The average molecular weight is 872 g/mol. The van der Waals surface area contributed by atoms with Crippen molar-refractivity contribution in [2.24, 2.45) is 0 Å². The van der Waals surface area contributed by atoms with Crippen molar-refractivity contribution in [1.82, 2.24) is 44.3 Å². The lowest BCUT2D eigenvalue weighted by atomic mass is 10.1. The predicted octanol–water partition coefficient (Wildman–Crippen LogP) is 8.04. The molecule has 8 heterocycles. The summed E-state index contributed by atoms with van der Waals surface area (Å²) in [6, 6.07) is 14.6. The molecule has 6 aromatic heterocycles. The van der Waals surface area contributed by atoms with E-state index < -0.39 is 23.3 Å². The summed E-state index contributed by atoms with van der Waals surface area (Å²) >= 11 is 1.75. The van der Waals surface area contributed by atoms with E-state index in [1.54, 1.807) is 35.4 Å². The van der Waals surface area contributed by atoms with E-state index in [-0.39, 0.29) is 44.2 Å². The van der Waals surface area contributed by atoms with Gasteiger partial charge >= 0.3 is 0 Å². The Kier molecular flexibility index (Phi) is 10.5. The molecular formula is C44H35F4N12S2+. The fraction of sp³-hybridized carbons (Fsp3) is 0.227. The van der Waals surface area contributed by atoms with Gasteiger partial charge in [-0.2, -0.15) is 30.2 Å². The van der Waals surface area contributed by atoms with E-state index >= 15 is 17.6 Å². The molecular weight excluding hydrogens is 837 g/mol. The van der Waals surface area contributed by atoms with Gasteiger partial charge in [-0.25, -0.2) is 17.7 Å². The summed E-state index contributed by atoms with van der Waals surface area (Å²) in [6.45, 7) is 3.45. The summed E-state index contributed by atoms with van der Waals surface area (Å²) in [5, 5.41) is 40.8. The normalized spacial score (nSPS) is 16.8. The van der Waals surface area contributed by atoms with Gasteiger partial charge in [-0.3, -0.25) is 9.36 Å². The van der Waals surface area contributed by atoms with Crippen LogP contribution in [0.3, 0.4) is 0 Å². The van der Waals surface area contributed by atoms with Crippen LogP contribution in [-0.4, -0.2) is 59.9 Å². The first kappa shape index (κ1) is 39.7. The number of nitrogens with one attached hydrogen (secondary N) is 2. The van der Waals surface area contributed by atoms with Gasteiger partial charge in [0.25, 0.3) is 5.69 Å². The Hall–Kier alpha value is -6.44. The lowest BCUT2D eigenvalue weighted by molar-refractivity contribution is -0.669. The van der Waals surface area contributed by atoms with Crippen LogP contribution in [0.1, 0.15) is 48.9 Å². The molecule has 10 rings (SSSR count). The van der Waals surface area contributed by atoms with Crippen LogP contribution in [0.2, 0.25) is 0 Å². The molecule has 0 saturated carbocycles.